The molecule has 6 nitrogen and oxygen atoms in total. The van der Waals surface area contributed by atoms with Crippen molar-refractivity contribution < 1.29 is 0 Å². The van der Waals surface area contributed by atoms with Crippen molar-refractivity contribution in [1.82, 2.24) is 20.4 Å². The molecule has 0 saturated carbocycles. The van der Waals surface area contributed by atoms with Crippen molar-refractivity contribution in [2.24, 2.45) is 4.99 Å². The van der Waals surface area contributed by atoms with Gasteiger partial charge < -0.3 is 20.4 Å². The van der Waals surface area contributed by atoms with E-state index < -0.39 is 0 Å². The highest BCUT2D eigenvalue weighted by Gasteiger charge is 2.21. The molecule has 0 amide bonds. The summed E-state index contributed by atoms with van der Waals surface area (Å²) in [7, 11) is 4.40. The molecule has 2 rings (SSSR count). The number of benzene rings is 1. The van der Waals surface area contributed by atoms with Crippen LogP contribution >= 0.6 is 0 Å². The fraction of sp³-hybridized carbons (Fsp3) is 0.667. The lowest BCUT2D eigenvalue weighted by Crippen LogP contribution is -2.51. The molecule has 1 fully saturated rings. The fourth-order valence-electron chi connectivity index (χ4n) is 3.44. The van der Waals surface area contributed by atoms with E-state index in [9.17, 15) is 0 Å². The van der Waals surface area contributed by atoms with Gasteiger partial charge in [0.15, 0.2) is 5.96 Å². The Bertz CT molecular complexity index is 588. The molecule has 1 aliphatic rings. The molecule has 0 bridgehead atoms. The molecule has 2 N–H and O–H groups in total. The number of nitrogens with zero attached hydrogens (tertiary/aromatic N) is 4. The Kier molecular flexibility index (Phi) is 8.88. The lowest BCUT2D eigenvalue weighted by Gasteiger charge is -2.37. The van der Waals surface area contributed by atoms with Crippen LogP contribution in [0.2, 0.25) is 0 Å². The van der Waals surface area contributed by atoms with E-state index in [1.807, 2.05) is 0 Å². The van der Waals surface area contributed by atoms with Crippen LogP contribution < -0.4 is 15.5 Å². The van der Waals surface area contributed by atoms with Crippen LogP contribution in [0, 0.1) is 6.92 Å². The average molecular weight is 375 g/mol. The molecule has 1 atom stereocenters. The van der Waals surface area contributed by atoms with E-state index in [1.54, 1.807) is 0 Å². The van der Waals surface area contributed by atoms with Crippen molar-refractivity contribution >= 4 is 11.6 Å². The number of piperazine rings is 1. The molecule has 0 aliphatic carbocycles. The summed E-state index contributed by atoms with van der Waals surface area (Å²) in [6.07, 6.45) is 0. The summed E-state index contributed by atoms with van der Waals surface area (Å²) in [6.45, 7) is 14.3. The normalized spacial score (nSPS) is 19.1. The molecule has 1 aliphatic heterocycles. The van der Waals surface area contributed by atoms with Gasteiger partial charge in [0, 0.05) is 57.5 Å². The van der Waals surface area contributed by atoms with Crippen molar-refractivity contribution in [3.05, 3.63) is 29.8 Å². The van der Waals surface area contributed by atoms with E-state index in [-0.39, 0.29) is 0 Å². The minimum atomic E-state index is 0.485. The van der Waals surface area contributed by atoms with Gasteiger partial charge in [-0.1, -0.05) is 12.1 Å². The summed E-state index contributed by atoms with van der Waals surface area (Å²) in [5.74, 6) is 0.916. The predicted molar refractivity (Wildman–Crippen MR) is 117 cm³/mol. The zero-order valence-electron chi connectivity index (χ0n) is 17.8. The smallest absolute Gasteiger partial charge is 0.191 e. The van der Waals surface area contributed by atoms with Gasteiger partial charge in [-0.3, -0.25) is 9.89 Å². The first-order valence-corrected chi connectivity index (χ1v) is 10.3. The molecular weight excluding hydrogens is 336 g/mol. The standard InChI is InChI=1S/C21H38N6/c1-6-22-21(24-16-20-17-25(4)13-14-26(20)5)23-11-12-27(7-2)19-10-8-9-18(3)15-19/h8-10,15,20H,6-7,11-14,16-17H2,1-5H3,(H2,22,23,24). The number of likely N-dealkylation sites (N-methyl/N-ethyl adjacent to an activating group) is 3. The van der Waals surface area contributed by atoms with Gasteiger partial charge in [0.25, 0.3) is 0 Å². The van der Waals surface area contributed by atoms with Crippen molar-refractivity contribution in [3.63, 3.8) is 0 Å². The molecule has 1 saturated heterocycles. The molecule has 1 aromatic carbocycles. The highest BCUT2D eigenvalue weighted by atomic mass is 15.3. The fourth-order valence-corrected chi connectivity index (χ4v) is 3.44. The van der Waals surface area contributed by atoms with E-state index in [4.69, 9.17) is 4.99 Å². The van der Waals surface area contributed by atoms with Crippen LogP contribution in [0.1, 0.15) is 19.4 Å². The number of aliphatic imine (C=N–C) groups is 1. The molecular formula is C21H38N6. The number of rotatable bonds is 8. The van der Waals surface area contributed by atoms with E-state index in [2.05, 4.69) is 84.5 Å². The second-order valence-corrected chi connectivity index (χ2v) is 7.46. The largest absolute Gasteiger partial charge is 0.370 e. The van der Waals surface area contributed by atoms with Crippen LogP contribution in [0.15, 0.2) is 29.3 Å². The van der Waals surface area contributed by atoms with E-state index in [0.29, 0.717) is 6.04 Å². The topological polar surface area (TPSA) is 46.1 Å². The summed E-state index contributed by atoms with van der Waals surface area (Å²) in [4.78, 5) is 12.0. The Morgan fingerprint density at radius 1 is 1.22 bits per heavy atom. The second kappa shape index (κ2) is 11.1. The van der Waals surface area contributed by atoms with Crippen LogP contribution in [0.3, 0.4) is 0 Å². The minimum Gasteiger partial charge on any atom is -0.370 e. The van der Waals surface area contributed by atoms with Crippen LogP contribution in [-0.2, 0) is 0 Å². The number of aryl methyl sites for hydroxylation is 1. The molecule has 0 aromatic heterocycles. The van der Waals surface area contributed by atoms with Crippen LogP contribution in [0.25, 0.3) is 0 Å². The summed E-state index contributed by atoms with van der Waals surface area (Å²) in [6, 6.07) is 9.19. The predicted octanol–water partition coefficient (Wildman–Crippen LogP) is 1.62. The number of hydrogen-bond acceptors (Lipinski definition) is 4. The second-order valence-electron chi connectivity index (χ2n) is 7.46. The summed E-state index contributed by atoms with van der Waals surface area (Å²) >= 11 is 0. The van der Waals surface area contributed by atoms with E-state index >= 15 is 0 Å². The average Bonchev–Trinajstić information content (AvgIpc) is 2.65. The van der Waals surface area contributed by atoms with Crippen molar-refractivity contribution in [2.75, 3.05) is 71.4 Å². The summed E-state index contributed by atoms with van der Waals surface area (Å²) in [5, 5.41) is 6.88. The van der Waals surface area contributed by atoms with Crippen molar-refractivity contribution in [3.8, 4) is 0 Å². The third-order valence-electron chi connectivity index (χ3n) is 5.21. The first-order valence-electron chi connectivity index (χ1n) is 10.3. The van der Waals surface area contributed by atoms with Crippen LogP contribution in [0.4, 0.5) is 5.69 Å². The maximum absolute atomic E-state index is 4.84. The van der Waals surface area contributed by atoms with Crippen molar-refractivity contribution in [1.29, 1.82) is 0 Å². The Morgan fingerprint density at radius 3 is 2.74 bits per heavy atom. The van der Waals surface area contributed by atoms with Gasteiger partial charge >= 0.3 is 0 Å². The highest BCUT2D eigenvalue weighted by Crippen LogP contribution is 2.15. The van der Waals surface area contributed by atoms with Gasteiger partial charge in [0.05, 0.1) is 6.54 Å². The third-order valence-corrected chi connectivity index (χ3v) is 5.21. The van der Waals surface area contributed by atoms with Gasteiger partial charge in [-0.25, -0.2) is 0 Å². The maximum Gasteiger partial charge on any atom is 0.191 e. The molecule has 0 spiro atoms. The zero-order chi connectivity index (χ0) is 19.6. The Labute approximate surface area is 165 Å². The Hall–Kier alpha value is -1.79. The van der Waals surface area contributed by atoms with Crippen LogP contribution in [0.5, 0.6) is 0 Å². The van der Waals surface area contributed by atoms with Crippen molar-refractivity contribution in [2.45, 2.75) is 26.8 Å². The Morgan fingerprint density at radius 2 is 2.04 bits per heavy atom. The minimum absolute atomic E-state index is 0.485. The van der Waals surface area contributed by atoms with Gasteiger partial charge in [-0.2, -0.15) is 0 Å². The highest BCUT2D eigenvalue weighted by molar-refractivity contribution is 5.79. The van der Waals surface area contributed by atoms with Gasteiger partial charge in [0.2, 0.25) is 0 Å². The molecule has 0 radical (unpaired) electrons. The quantitative estimate of drug-likeness (QED) is 0.535. The monoisotopic (exact) mass is 374 g/mol. The molecule has 1 unspecified atom stereocenters. The first kappa shape index (κ1) is 21.5. The lowest BCUT2D eigenvalue weighted by molar-refractivity contribution is 0.119. The molecule has 1 heterocycles. The SMILES string of the molecule is CCNC(=NCC1CN(C)CCN1C)NCCN(CC)c1cccc(C)c1. The number of guanidine groups is 1. The number of anilines is 1. The molecule has 6 heteroatoms. The zero-order valence-corrected chi connectivity index (χ0v) is 17.8. The third kappa shape index (κ3) is 7.03. The first-order chi connectivity index (χ1) is 13.0. The summed E-state index contributed by atoms with van der Waals surface area (Å²) < 4.78 is 0. The Balaban J connectivity index is 1.87. The lowest BCUT2D eigenvalue weighted by atomic mass is 10.2. The van der Waals surface area contributed by atoms with Crippen LogP contribution in [-0.4, -0.2) is 88.3 Å². The molecule has 152 valence electrons. The van der Waals surface area contributed by atoms with E-state index in [0.717, 1.165) is 58.3 Å². The molecule has 1 aromatic rings. The van der Waals surface area contributed by atoms with Gasteiger partial charge in [-0.05, 0) is 52.6 Å². The maximum atomic E-state index is 4.84. The summed E-state index contributed by atoms with van der Waals surface area (Å²) in [5.41, 5.74) is 2.59. The number of hydrogen-bond donors (Lipinski definition) is 2. The van der Waals surface area contributed by atoms with Gasteiger partial charge in [-0.15, -0.1) is 0 Å². The number of nitrogens with one attached hydrogen (secondary N) is 2. The van der Waals surface area contributed by atoms with E-state index in [1.165, 1.54) is 11.3 Å². The molecule has 27 heavy (non-hydrogen) atoms. The van der Waals surface area contributed by atoms with Gasteiger partial charge in [0.1, 0.15) is 0 Å².